The van der Waals surface area contributed by atoms with Gasteiger partial charge in [0.2, 0.25) is 0 Å². The van der Waals surface area contributed by atoms with Crippen LogP contribution in [0.5, 0.6) is 0 Å². The van der Waals surface area contributed by atoms with Crippen LogP contribution < -0.4 is 0 Å². The Labute approximate surface area is 357 Å². The maximum Gasteiger partial charge on any atom is 0.0547 e. The minimum atomic E-state index is 1.16. The van der Waals surface area contributed by atoms with Gasteiger partial charge in [0.05, 0.1) is 22.1 Å². The van der Waals surface area contributed by atoms with Gasteiger partial charge < -0.3 is 9.13 Å². The first-order valence-electron chi connectivity index (χ1n) is 21.5. The maximum absolute atomic E-state index is 2.46. The third kappa shape index (κ3) is 4.75. The van der Waals surface area contributed by atoms with E-state index in [1.807, 2.05) is 0 Å². The number of hydrogen-bond donors (Lipinski definition) is 0. The molecule has 0 atom stereocenters. The summed E-state index contributed by atoms with van der Waals surface area (Å²) in [6.07, 6.45) is 0. The molecule has 0 unspecified atom stereocenters. The average Bonchev–Trinajstić information content (AvgIpc) is 3.97. The Balaban J connectivity index is 0.916. The fourth-order valence-electron chi connectivity index (χ4n) is 10.8. The summed E-state index contributed by atoms with van der Waals surface area (Å²) in [6.45, 7) is 0. The molecule has 14 rings (SSSR count). The topological polar surface area (TPSA) is 9.86 Å². The molecule has 2 heterocycles. The molecule has 1 aliphatic carbocycles. The molecule has 0 amide bonds. The Bertz CT molecular complexity index is 4030. The number of nitrogens with zero attached hydrogens (tertiary/aromatic N) is 2. The summed E-state index contributed by atoms with van der Waals surface area (Å²) in [5, 5.41) is 12.7. The molecule has 62 heavy (non-hydrogen) atoms. The molecule has 286 valence electrons. The standard InChI is InChI=1S/C60H36N2/c1-2-13-45(14-3-1)61-55-20-9-8-18-50(55)52-34-41(25-28-56(52)61)42-26-29-57-54(35-42)60-47-15-5-4-11-37(47)24-30-58(60)62(57)46-27-23-38-31-39(21-22-40(38)33-46)44-32-43-12-10-19-51-48-16-6-7-17-49(48)53(36-44)59(43)51/h1-36H. The molecule has 0 radical (unpaired) electrons. The van der Waals surface area contributed by atoms with Crippen molar-refractivity contribution in [2.45, 2.75) is 0 Å². The van der Waals surface area contributed by atoms with Gasteiger partial charge in [0.25, 0.3) is 0 Å². The monoisotopic (exact) mass is 784 g/mol. The van der Waals surface area contributed by atoms with E-state index in [9.17, 15) is 0 Å². The van der Waals surface area contributed by atoms with Crippen molar-refractivity contribution >= 4 is 75.9 Å². The summed E-state index contributed by atoms with van der Waals surface area (Å²) in [7, 11) is 0. The van der Waals surface area contributed by atoms with Gasteiger partial charge in [0.1, 0.15) is 0 Å². The van der Waals surface area contributed by atoms with E-state index >= 15 is 0 Å². The van der Waals surface area contributed by atoms with Gasteiger partial charge in [0.15, 0.2) is 0 Å². The van der Waals surface area contributed by atoms with Crippen LogP contribution in [0.3, 0.4) is 0 Å². The summed E-state index contributed by atoms with van der Waals surface area (Å²) in [5.41, 5.74) is 17.4. The van der Waals surface area contributed by atoms with Gasteiger partial charge >= 0.3 is 0 Å². The lowest BCUT2D eigenvalue weighted by Gasteiger charge is -2.12. The van der Waals surface area contributed by atoms with E-state index in [1.54, 1.807) is 0 Å². The normalized spacial score (nSPS) is 12.2. The minimum absolute atomic E-state index is 1.16. The third-order valence-electron chi connectivity index (χ3n) is 13.6. The Kier molecular flexibility index (Phi) is 6.86. The van der Waals surface area contributed by atoms with Crippen LogP contribution in [0.1, 0.15) is 0 Å². The van der Waals surface area contributed by atoms with Crippen LogP contribution in [0.2, 0.25) is 0 Å². The number of benzene rings is 11. The predicted octanol–water partition coefficient (Wildman–Crippen LogP) is 16.3. The molecular formula is C60H36N2. The molecule has 2 heteroatoms. The van der Waals surface area contributed by atoms with Crippen LogP contribution in [0.25, 0.3) is 132 Å². The summed E-state index contributed by atoms with van der Waals surface area (Å²) < 4.78 is 4.85. The number of para-hydroxylation sites is 2. The molecule has 0 fully saturated rings. The highest BCUT2D eigenvalue weighted by Gasteiger charge is 2.22. The van der Waals surface area contributed by atoms with Crippen LogP contribution in [0.4, 0.5) is 0 Å². The molecule has 0 N–H and O–H groups in total. The van der Waals surface area contributed by atoms with Crippen LogP contribution in [0, 0.1) is 0 Å². The molecule has 0 saturated carbocycles. The van der Waals surface area contributed by atoms with E-state index in [4.69, 9.17) is 0 Å². The highest BCUT2D eigenvalue weighted by Crippen LogP contribution is 2.49. The van der Waals surface area contributed by atoms with Crippen molar-refractivity contribution in [3.05, 3.63) is 218 Å². The fraction of sp³-hybridized carbons (Fsp3) is 0. The summed E-state index contributed by atoms with van der Waals surface area (Å²) in [5.74, 6) is 0. The van der Waals surface area contributed by atoms with E-state index in [1.165, 1.54) is 126 Å². The second-order valence-electron chi connectivity index (χ2n) is 16.9. The smallest absolute Gasteiger partial charge is 0.0547 e. The van der Waals surface area contributed by atoms with Gasteiger partial charge in [-0.25, -0.2) is 0 Å². The van der Waals surface area contributed by atoms with E-state index in [0.717, 1.165) is 5.69 Å². The van der Waals surface area contributed by atoms with Gasteiger partial charge in [-0.3, -0.25) is 0 Å². The molecule has 2 nitrogen and oxygen atoms in total. The largest absolute Gasteiger partial charge is 0.309 e. The Morgan fingerprint density at radius 3 is 1.66 bits per heavy atom. The molecule has 11 aromatic carbocycles. The quantitative estimate of drug-likeness (QED) is 0.168. The van der Waals surface area contributed by atoms with Gasteiger partial charge in [-0.1, -0.05) is 140 Å². The molecule has 0 bridgehead atoms. The Hall–Kier alpha value is -8.20. The second-order valence-corrected chi connectivity index (χ2v) is 16.9. The zero-order valence-electron chi connectivity index (χ0n) is 33.7. The van der Waals surface area contributed by atoms with Gasteiger partial charge in [-0.05, 0) is 156 Å². The zero-order chi connectivity index (χ0) is 40.5. The molecule has 2 aromatic heterocycles. The predicted molar refractivity (Wildman–Crippen MR) is 263 cm³/mol. The van der Waals surface area contributed by atoms with Gasteiger partial charge in [-0.2, -0.15) is 0 Å². The number of hydrogen-bond acceptors (Lipinski definition) is 0. The van der Waals surface area contributed by atoms with E-state index < -0.39 is 0 Å². The number of aromatic nitrogens is 2. The van der Waals surface area contributed by atoms with Crippen LogP contribution in [-0.4, -0.2) is 9.13 Å². The van der Waals surface area contributed by atoms with Gasteiger partial charge in [-0.15, -0.1) is 0 Å². The lowest BCUT2D eigenvalue weighted by molar-refractivity contribution is 1.18. The lowest BCUT2D eigenvalue weighted by atomic mass is 9.95. The molecule has 0 saturated heterocycles. The highest BCUT2D eigenvalue weighted by molar-refractivity contribution is 6.22. The van der Waals surface area contributed by atoms with Crippen molar-refractivity contribution in [2.24, 2.45) is 0 Å². The second kappa shape index (κ2) is 12.7. The minimum Gasteiger partial charge on any atom is -0.309 e. The summed E-state index contributed by atoms with van der Waals surface area (Å²) in [4.78, 5) is 0. The first kappa shape index (κ1) is 33.6. The molecular weight excluding hydrogens is 749 g/mol. The highest BCUT2D eigenvalue weighted by atomic mass is 15.0. The molecule has 1 aliphatic rings. The molecule has 0 aliphatic heterocycles. The van der Waals surface area contributed by atoms with Crippen LogP contribution in [-0.2, 0) is 0 Å². The average molecular weight is 785 g/mol. The van der Waals surface area contributed by atoms with Crippen molar-refractivity contribution in [1.29, 1.82) is 0 Å². The van der Waals surface area contributed by atoms with Crippen LogP contribution >= 0.6 is 0 Å². The van der Waals surface area contributed by atoms with Crippen molar-refractivity contribution in [3.63, 3.8) is 0 Å². The first-order chi connectivity index (χ1) is 30.7. The maximum atomic E-state index is 2.46. The van der Waals surface area contributed by atoms with Gasteiger partial charge in [0, 0.05) is 32.9 Å². The Morgan fingerprint density at radius 1 is 0.226 bits per heavy atom. The number of fused-ring (bicyclic) bond motifs is 12. The lowest BCUT2D eigenvalue weighted by Crippen LogP contribution is -1.94. The van der Waals surface area contributed by atoms with Crippen molar-refractivity contribution in [2.75, 3.05) is 0 Å². The van der Waals surface area contributed by atoms with E-state index in [2.05, 4.69) is 228 Å². The molecule has 13 aromatic rings. The zero-order valence-corrected chi connectivity index (χ0v) is 33.7. The van der Waals surface area contributed by atoms with Crippen molar-refractivity contribution in [1.82, 2.24) is 9.13 Å². The summed E-state index contributed by atoms with van der Waals surface area (Å²) in [6, 6.07) is 81.1. The first-order valence-corrected chi connectivity index (χ1v) is 21.5. The SMILES string of the molecule is c1ccc(-n2c3ccccc3c3cc(-c4ccc5c(c4)c4c6ccccc6ccc4n5-c4ccc5cc(-c6cc7c8c(cccc8c6)-c6ccccc6-7)ccc5c4)ccc32)cc1. The van der Waals surface area contributed by atoms with E-state index in [-0.39, 0.29) is 0 Å². The fourth-order valence-corrected chi connectivity index (χ4v) is 10.8. The summed E-state index contributed by atoms with van der Waals surface area (Å²) >= 11 is 0. The van der Waals surface area contributed by atoms with E-state index in [0.29, 0.717) is 0 Å². The third-order valence-corrected chi connectivity index (χ3v) is 13.6. The Morgan fingerprint density at radius 2 is 0.790 bits per heavy atom. The molecule has 0 spiro atoms. The number of rotatable bonds is 4. The van der Waals surface area contributed by atoms with Crippen LogP contribution in [0.15, 0.2) is 218 Å². The van der Waals surface area contributed by atoms with Crippen molar-refractivity contribution < 1.29 is 0 Å². The van der Waals surface area contributed by atoms with Crippen molar-refractivity contribution in [3.8, 4) is 55.9 Å².